The van der Waals surface area contributed by atoms with Gasteiger partial charge in [0.15, 0.2) is 6.61 Å². The fourth-order valence-corrected chi connectivity index (χ4v) is 2.15. The third-order valence-corrected chi connectivity index (χ3v) is 3.42. The highest BCUT2D eigenvalue weighted by Crippen LogP contribution is 2.25. The van der Waals surface area contributed by atoms with Crippen LogP contribution in [0.15, 0.2) is 36.4 Å². The van der Waals surface area contributed by atoms with Gasteiger partial charge in [-0.15, -0.1) is 0 Å². The van der Waals surface area contributed by atoms with E-state index in [1.54, 1.807) is 24.3 Å². The minimum atomic E-state index is -4.51. The van der Waals surface area contributed by atoms with Gasteiger partial charge < -0.3 is 14.8 Å². The molecule has 2 rings (SSSR count). The molecule has 2 aromatic rings. The third-order valence-electron chi connectivity index (χ3n) is 3.42. The largest absolute Gasteiger partial charge is 0.496 e. The van der Waals surface area contributed by atoms with E-state index in [0.29, 0.717) is 11.3 Å². The second-order valence-corrected chi connectivity index (χ2v) is 5.37. The summed E-state index contributed by atoms with van der Waals surface area (Å²) in [7, 11) is 1.49. The zero-order valence-electron chi connectivity index (χ0n) is 14.0. The first kappa shape index (κ1) is 19.1. The normalized spacial score (nSPS) is 10.8. The highest BCUT2D eigenvalue weighted by molar-refractivity contribution is 6.04. The molecule has 0 aliphatic heterocycles. The molecule has 1 amide bonds. The van der Waals surface area contributed by atoms with E-state index in [1.165, 1.54) is 25.3 Å². The molecule has 0 atom stereocenters. The Morgan fingerprint density at radius 3 is 2.54 bits per heavy atom. The van der Waals surface area contributed by atoms with Crippen molar-refractivity contribution in [1.82, 2.24) is 0 Å². The Morgan fingerprint density at radius 1 is 1.19 bits per heavy atom. The summed E-state index contributed by atoms with van der Waals surface area (Å²) in [5.74, 6) is -0.109. The van der Waals surface area contributed by atoms with Gasteiger partial charge in [0.05, 0.1) is 12.7 Å². The van der Waals surface area contributed by atoms with Gasteiger partial charge in [-0.3, -0.25) is 4.79 Å². The molecular weight excluding hydrogens is 349 g/mol. The predicted molar refractivity (Wildman–Crippen MR) is 88.4 cm³/mol. The predicted octanol–water partition coefficient (Wildman–Crippen LogP) is 4.07. The lowest BCUT2D eigenvalue weighted by Crippen LogP contribution is -2.19. The number of rotatable bonds is 5. The molecule has 0 saturated carbocycles. The number of carbonyl (C=O) groups is 1. The van der Waals surface area contributed by atoms with Crippen LogP contribution in [0.3, 0.4) is 0 Å². The second kappa shape index (κ2) is 7.78. The van der Waals surface area contributed by atoms with Gasteiger partial charge in [0.25, 0.3) is 5.91 Å². The minimum Gasteiger partial charge on any atom is -0.496 e. The summed E-state index contributed by atoms with van der Waals surface area (Å²) in [4.78, 5) is 12.3. The smallest absolute Gasteiger partial charge is 0.422 e. The molecule has 136 valence electrons. The van der Waals surface area contributed by atoms with E-state index >= 15 is 0 Å². The molecule has 0 aliphatic rings. The van der Waals surface area contributed by atoms with Gasteiger partial charge in [0.2, 0.25) is 0 Å². The van der Waals surface area contributed by atoms with E-state index in [9.17, 15) is 18.0 Å². The van der Waals surface area contributed by atoms with Crippen molar-refractivity contribution in [2.24, 2.45) is 0 Å². The number of hydrogen-bond acceptors (Lipinski definition) is 4. The monoisotopic (exact) mass is 364 g/mol. The number of amides is 1. The number of hydrogen-bond donors (Lipinski definition) is 1. The van der Waals surface area contributed by atoms with Crippen molar-refractivity contribution in [3.63, 3.8) is 0 Å². The first-order chi connectivity index (χ1) is 12.2. The number of carbonyl (C=O) groups excluding carboxylic acids is 1. The van der Waals surface area contributed by atoms with E-state index in [-0.39, 0.29) is 17.0 Å². The highest BCUT2D eigenvalue weighted by atomic mass is 19.4. The average Bonchev–Trinajstić information content (AvgIpc) is 2.60. The van der Waals surface area contributed by atoms with E-state index in [2.05, 4.69) is 10.1 Å². The molecule has 0 bridgehead atoms. The summed E-state index contributed by atoms with van der Waals surface area (Å²) in [6.45, 7) is 0.329. The number of benzene rings is 2. The number of ether oxygens (including phenoxy) is 2. The maximum absolute atomic E-state index is 12.3. The SMILES string of the molecule is COc1cc(C(=O)Nc2ccc(OCC(F)(F)F)c(C#N)c2)ccc1C. The van der Waals surface area contributed by atoms with Crippen molar-refractivity contribution in [3.05, 3.63) is 53.1 Å². The lowest BCUT2D eigenvalue weighted by molar-refractivity contribution is -0.153. The van der Waals surface area contributed by atoms with Crippen LogP contribution in [0.2, 0.25) is 0 Å². The minimum absolute atomic E-state index is 0.117. The Kier molecular flexibility index (Phi) is 5.72. The van der Waals surface area contributed by atoms with Crippen LogP contribution < -0.4 is 14.8 Å². The zero-order valence-corrected chi connectivity index (χ0v) is 14.0. The fourth-order valence-electron chi connectivity index (χ4n) is 2.15. The molecule has 8 heteroatoms. The van der Waals surface area contributed by atoms with Gasteiger partial charge in [0, 0.05) is 11.3 Å². The van der Waals surface area contributed by atoms with Crippen molar-refractivity contribution in [2.75, 3.05) is 19.0 Å². The molecule has 5 nitrogen and oxygen atoms in total. The summed E-state index contributed by atoms with van der Waals surface area (Å²) < 4.78 is 46.5. The Labute approximate surface area is 148 Å². The van der Waals surface area contributed by atoms with Crippen LogP contribution in [0.1, 0.15) is 21.5 Å². The van der Waals surface area contributed by atoms with Gasteiger partial charge in [-0.25, -0.2) is 0 Å². The van der Waals surface area contributed by atoms with Gasteiger partial charge >= 0.3 is 6.18 Å². The Hall–Kier alpha value is -3.21. The molecule has 0 aliphatic carbocycles. The molecule has 1 N–H and O–H groups in total. The molecule has 0 heterocycles. The summed E-state index contributed by atoms with van der Waals surface area (Å²) >= 11 is 0. The number of nitrogens with zero attached hydrogens (tertiary/aromatic N) is 1. The van der Waals surface area contributed by atoms with Crippen molar-refractivity contribution < 1.29 is 27.4 Å². The molecular formula is C18H15F3N2O3. The van der Waals surface area contributed by atoms with Crippen LogP contribution in [-0.4, -0.2) is 25.8 Å². The standard InChI is InChI=1S/C18H15F3N2O3/c1-11-3-4-12(8-16(11)25-2)17(24)23-14-5-6-15(13(7-14)9-22)26-10-18(19,20)21/h3-8H,10H2,1-2H3,(H,23,24). The van der Waals surface area contributed by atoms with Crippen LogP contribution >= 0.6 is 0 Å². The van der Waals surface area contributed by atoms with Crippen LogP contribution in [0.5, 0.6) is 11.5 Å². The van der Waals surface area contributed by atoms with Crippen molar-refractivity contribution in [1.29, 1.82) is 5.26 Å². The number of anilines is 1. The van der Waals surface area contributed by atoms with Crippen LogP contribution in [0.25, 0.3) is 0 Å². The van der Waals surface area contributed by atoms with Crippen LogP contribution in [-0.2, 0) is 0 Å². The second-order valence-electron chi connectivity index (χ2n) is 5.37. The lowest BCUT2D eigenvalue weighted by atomic mass is 10.1. The Bertz CT molecular complexity index is 858. The molecule has 0 spiro atoms. The third kappa shape index (κ3) is 4.89. The van der Waals surface area contributed by atoms with E-state index in [1.807, 2.05) is 6.92 Å². The first-order valence-corrected chi connectivity index (χ1v) is 7.43. The number of nitriles is 1. The Morgan fingerprint density at radius 2 is 1.92 bits per heavy atom. The molecule has 0 aromatic heterocycles. The van der Waals surface area contributed by atoms with Crippen molar-refractivity contribution in [3.8, 4) is 17.6 Å². The van der Waals surface area contributed by atoms with Gasteiger partial charge in [-0.05, 0) is 42.8 Å². The lowest BCUT2D eigenvalue weighted by Gasteiger charge is -2.12. The van der Waals surface area contributed by atoms with Crippen molar-refractivity contribution in [2.45, 2.75) is 13.1 Å². The van der Waals surface area contributed by atoms with E-state index in [4.69, 9.17) is 10.00 Å². The van der Waals surface area contributed by atoms with Crippen molar-refractivity contribution >= 4 is 11.6 Å². The quantitative estimate of drug-likeness (QED) is 0.868. The molecule has 0 radical (unpaired) electrons. The van der Waals surface area contributed by atoms with Gasteiger partial charge in [0.1, 0.15) is 17.6 Å². The number of halogens is 3. The highest BCUT2D eigenvalue weighted by Gasteiger charge is 2.28. The summed E-state index contributed by atoms with van der Waals surface area (Å²) in [5, 5.41) is 11.7. The fraction of sp³-hybridized carbons (Fsp3) is 0.222. The number of alkyl halides is 3. The Balaban J connectivity index is 2.17. The van der Waals surface area contributed by atoms with Gasteiger partial charge in [-0.1, -0.05) is 6.07 Å². The van der Waals surface area contributed by atoms with Crippen LogP contribution in [0.4, 0.5) is 18.9 Å². The first-order valence-electron chi connectivity index (χ1n) is 7.43. The number of methoxy groups -OCH3 is 1. The average molecular weight is 364 g/mol. The van der Waals surface area contributed by atoms with Crippen LogP contribution in [0, 0.1) is 18.3 Å². The molecule has 0 unspecified atom stereocenters. The summed E-state index contributed by atoms with van der Waals surface area (Å²) in [6.07, 6.45) is -4.51. The number of nitrogens with one attached hydrogen (secondary N) is 1. The summed E-state index contributed by atoms with van der Waals surface area (Å²) in [5.41, 5.74) is 1.34. The van der Waals surface area contributed by atoms with E-state index < -0.39 is 18.7 Å². The molecule has 26 heavy (non-hydrogen) atoms. The molecule has 0 fully saturated rings. The molecule has 0 saturated heterocycles. The topological polar surface area (TPSA) is 71.3 Å². The molecule has 2 aromatic carbocycles. The van der Waals surface area contributed by atoms with Gasteiger partial charge in [-0.2, -0.15) is 18.4 Å². The summed E-state index contributed by atoms with van der Waals surface area (Å²) in [6, 6.07) is 10.5. The maximum atomic E-state index is 12.3. The number of aryl methyl sites for hydroxylation is 1. The maximum Gasteiger partial charge on any atom is 0.422 e. The zero-order chi connectivity index (χ0) is 19.3. The van der Waals surface area contributed by atoms with E-state index in [0.717, 1.165) is 5.56 Å².